The molecule has 0 aromatic heterocycles. The summed E-state index contributed by atoms with van der Waals surface area (Å²) < 4.78 is 0.997. The molecule has 3 rings (SSSR count). The topological polar surface area (TPSA) is 49.4 Å². The highest BCUT2D eigenvalue weighted by Gasteiger charge is 2.27. The maximum absolute atomic E-state index is 13.2. The molecule has 1 unspecified atom stereocenters. The number of nitrogens with one attached hydrogen (secondary N) is 1. The molecule has 0 spiro atoms. The van der Waals surface area contributed by atoms with Crippen LogP contribution in [0.15, 0.2) is 53.0 Å². The van der Waals surface area contributed by atoms with Crippen LogP contribution in [0.4, 0.5) is 0 Å². The number of benzene rings is 2. The van der Waals surface area contributed by atoms with Crippen molar-refractivity contribution in [2.75, 3.05) is 0 Å². The summed E-state index contributed by atoms with van der Waals surface area (Å²) in [6.45, 7) is 4.33. The van der Waals surface area contributed by atoms with E-state index in [1.165, 1.54) is 12.0 Å². The highest BCUT2D eigenvalue weighted by atomic mass is 79.9. The molecule has 1 atom stereocenters. The van der Waals surface area contributed by atoms with Gasteiger partial charge in [-0.2, -0.15) is 0 Å². The number of carbonyl (C=O) groups is 2. The summed E-state index contributed by atoms with van der Waals surface area (Å²) in [5.41, 5.74) is 3.37. The summed E-state index contributed by atoms with van der Waals surface area (Å²) in [4.78, 5) is 28.0. The maximum Gasteiger partial charge on any atom is 0.242 e. The Morgan fingerprint density at radius 2 is 1.61 bits per heavy atom. The summed E-state index contributed by atoms with van der Waals surface area (Å²) >= 11 is 3.46. The van der Waals surface area contributed by atoms with E-state index < -0.39 is 6.04 Å². The second-order valence-corrected chi connectivity index (χ2v) is 9.57. The molecule has 166 valence electrons. The molecule has 4 nitrogen and oxygen atoms in total. The molecule has 0 aliphatic heterocycles. The first-order valence-electron chi connectivity index (χ1n) is 11.3. The lowest BCUT2D eigenvalue weighted by Gasteiger charge is -2.31. The second-order valence-electron chi connectivity index (χ2n) is 8.65. The maximum atomic E-state index is 13.2. The van der Waals surface area contributed by atoms with Crippen molar-refractivity contribution >= 4 is 27.7 Å². The van der Waals surface area contributed by atoms with Crippen LogP contribution in [-0.4, -0.2) is 28.8 Å². The molecule has 5 heteroatoms. The fraction of sp³-hybridized carbons (Fsp3) is 0.462. The molecule has 0 radical (unpaired) electrons. The van der Waals surface area contributed by atoms with Gasteiger partial charge >= 0.3 is 0 Å². The molecule has 2 amide bonds. The molecule has 0 bridgehead atoms. The van der Waals surface area contributed by atoms with Crippen molar-refractivity contribution < 1.29 is 9.59 Å². The number of rotatable bonds is 8. The lowest BCUT2D eigenvalue weighted by atomic mass is 9.95. The van der Waals surface area contributed by atoms with Crippen LogP contribution in [0.5, 0.6) is 0 Å². The van der Waals surface area contributed by atoms with Gasteiger partial charge in [-0.15, -0.1) is 0 Å². The summed E-state index contributed by atoms with van der Waals surface area (Å²) in [7, 11) is 0. The van der Waals surface area contributed by atoms with Crippen LogP contribution in [0, 0.1) is 6.92 Å². The summed E-state index contributed by atoms with van der Waals surface area (Å²) in [6, 6.07) is 15.9. The van der Waals surface area contributed by atoms with Gasteiger partial charge in [-0.05, 0) is 56.4 Å². The normalized spacial score (nSPS) is 15.3. The van der Waals surface area contributed by atoms with E-state index in [2.05, 4.69) is 52.4 Å². The molecule has 1 fully saturated rings. The SMILES string of the molecule is Cc1ccc(CCC(=O)N(Cc2ccc(Br)cc2)C(C)C(=O)NC2CCCCC2)cc1. The van der Waals surface area contributed by atoms with Crippen LogP contribution in [0.2, 0.25) is 0 Å². The van der Waals surface area contributed by atoms with Gasteiger partial charge in [0, 0.05) is 23.5 Å². The quantitative estimate of drug-likeness (QED) is 0.533. The van der Waals surface area contributed by atoms with Gasteiger partial charge in [-0.3, -0.25) is 9.59 Å². The first-order valence-corrected chi connectivity index (χ1v) is 12.1. The van der Waals surface area contributed by atoms with Crippen LogP contribution in [-0.2, 0) is 22.6 Å². The van der Waals surface area contributed by atoms with E-state index in [0.717, 1.165) is 41.3 Å². The van der Waals surface area contributed by atoms with Gasteiger partial charge in [-0.25, -0.2) is 0 Å². The molecule has 2 aromatic rings. The Labute approximate surface area is 194 Å². The number of amides is 2. The van der Waals surface area contributed by atoms with E-state index in [9.17, 15) is 9.59 Å². The predicted molar refractivity (Wildman–Crippen MR) is 129 cm³/mol. The van der Waals surface area contributed by atoms with Crippen LogP contribution in [0.1, 0.15) is 62.1 Å². The Morgan fingerprint density at radius 1 is 1.00 bits per heavy atom. The predicted octanol–water partition coefficient (Wildman–Crippen LogP) is 5.56. The minimum Gasteiger partial charge on any atom is -0.352 e. The van der Waals surface area contributed by atoms with Gasteiger partial charge in [0.2, 0.25) is 11.8 Å². The number of aryl methyl sites for hydroxylation is 2. The average Bonchev–Trinajstić information content (AvgIpc) is 2.78. The van der Waals surface area contributed by atoms with Crippen LogP contribution >= 0.6 is 15.9 Å². The third kappa shape index (κ3) is 7.20. The summed E-state index contributed by atoms with van der Waals surface area (Å²) in [5, 5.41) is 3.19. The minimum atomic E-state index is -0.504. The number of carbonyl (C=O) groups excluding carboxylic acids is 2. The van der Waals surface area contributed by atoms with Gasteiger partial charge in [0.15, 0.2) is 0 Å². The first-order chi connectivity index (χ1) is 14.9. The van der Waals surface area contributed by atoms with Gasteiger partial charge < -0.3 is 10.2 Å². The first kappa shape index (κ1) is 23.5. The monoisotopic (exact) mass is 484 g/mol. The van der Waals surface area contributed by atoms with Crippen molar-refractivity contribution in [1.82, 2.24) is 10.2 Å². The van der Waals surface area contributed by atoms with E-state index in [1.807, 2.05) is 31.2 Å². The molecule has 1 N–H and O–H groups in total. The zero-order chi connectivity index (χ0) is 22.2. The van der Waals surface area contributed by atoms with E-state index in [0.29, 0.717) is 19.4 Å². The second kappa shape index (κ2) is 11.5. The number of halogens is 1. The molecular weight excluding hydrogens is 452 g/mol. The molecule has 31 heavy (non-hydrogen) atoms. The van der Waals surface area contributed by atoms with Crippen molar-refractivity contribution in [2.24, 2.45) is 0 Å². The molecule has 2 aromatic carbocycles. The van der Waals surface area contributed by atoms with Crippen LogP contribution in [0.25, 0.3) is 0 Å². The minimum absolute atomic E-state index is 0.00906. The van der Waals surface area contributed by atoms with Gasteiger partial charge in [-0.1, -0.05) is 77.2 Å². The third-order valence-electron chi connectivity index (χ3n) is 6.13. The van der Waals surface area contributed by atoms with Gasteiger partial charge in [0.05, 0.1) is 0 Å². The van der Waals surface area contributed by atoms with Crippen LogP contribution in [0.3, 0.4) is 0 Å². The van der Waals surface area contributed by atoms with Crippen molar-refractivity contribution in [1.29, 1.82) is 0 Å². The van der Waals surface area contributed by atoms with E-state index in [4.69, 9.17) is 0 Å². The Hall–Kier alpha value is -2.14. The third-order valence-corrected chi connectivity index (χ3v) is 6.66. The van der Waals surface area contributed by atoms with E-state index in [1.54, 1.807) is 4.90 Å². The molecule has 1 aliphatic carbocycles. The zero-order valence-corrected chi connectivity index (χ0v) is 20.2. The molecule has 0 heterocycles. The van der Waals surface area contributed by atoms with E-state index >= 15 is 0 Å². The zero-order valence-electron chi connectivity index (χ0n) is 18.6. The lowest BCUT2D eigenvalue weighted by molar-refractivity contribution is -0.141. The number of hydrogen-bond donors (Lipinski definition) is 1. The molecule has 1 saturated carbocycles. The van der Waals surface area contributed by atoms with Gasteiger partial charge in [0.25, 0.3) is 0 Å². The average molecular weight is 485 g/mol. The number of nitrogens with zero attached hydrogens (tertiary/aromatic N) is 1. The summed E-state index contributed by atoms with van der Waals surface area (Å²) in [5.74, 6) is -0.0394. The lowest BCUT2D eigenvalue weighted by Crippen LogP contribution is -2.50. The Morgan fingerprint density at radius 3 is 2.26 bits per heavy atom. The number of hydrogen-bond acceptors (Lipinski definition) is 2. The van der Waals surface area contributed by atoms with E-state index in [-0.39, 0.29) is 17.9 Å². The van der Waals surface area contributed by atoms with Crippen molar-refractivity contribution in [3.05, 3.63) is 69.7 Å². The highest BCUT2D eigenvalue weighted by molar-refractivity contribution is 9.10. The molecule has 1 aliphatic rings. The Kier molecular flexibility index (Phi) is 8.70. The highest BCUT2D eigenvalue weighted by Crippen LogP contribution is 2.19. The summed E-state index contributed by atoms with van der Waals surface area (Å²) in [6.07, 6.45) is 6.70. The van der Waals surface area contributed by atoms with Crippen molar-refractivity contribution in [3.8, 4) is 0 Å². The fourth-order valence-corrected chi connectivity index (χ4v) is 4.35. The standard InChI is InChI=1S/C26H33BrN2O2/c1-19-8-10-21(11-9-19)14-17-25(30)29(18-22-12-15-23(27)16-13-22)20(2)26(31)28-24-6-4-3-5-7-24/h8-13,15-16,20,24H,3-7,14,17-18H2,1-2H3,(H,28,31). The van der Waals surface area contributed by atoms with Crippen molar-refractivity contribution in [2.45, 2.75) is 77.4 Å². The molecule has 0 saturated heterocycles. The Bertz CT molecular complexity index is 858. The fourth-order valence-electron chi connectivity index (χ4n) is 4.09. The van der Waals surface area contributed by atoms with Gasteiger partial charge in [0.1, 0.15) is 6.04 Å². The molecular formula is C26H33BrN2O2. The Balaban J connectivity index is 1.69. The largest absolute Gasteiger partial charge is 0.352 e. The van der Waals surface area contributed by atoms with Crippen molar-refractivity contribution in [3.63, 3.8) is 0 Å². The smallest absolute Gasteiger partial charge is 0.242 e. The van der Waals surface area contributed by atoms with Crippen LogP contribution < -0.4 is 5.32 Å².